The highest BCUT2D eigenvalue weighted by Gasteiger charge is 2.19. The standard InChI is InChI=1S/C22H26N2O5/c1-16-8-6-11-19(14-16)28-13-7-12-20(25)29-17(2)21(26)24-22(27)23-15-18-9-4-3-5-10-18/h3-6,8-11,14,17H,7,12-13,15H2,1-2H3,(H2,23,24,26,27)/t17-/m0/s1. The first-order chi connectivity index (χ1) is 13.9. The molecule has 0 aliphatic carbocycles. The monoisotopic (exact) mass is 398 g/mol. The molecule has 0 saturated carbocycles. The molecule has 0 aromatic heterocycles. The fourth-order valence-corrected chi connectivity index (χ4v) is 2.46. The van der Waals surface area contributed by atoms with Crippen molar-refractivity contribution in [3.63, 3.8) is 0 Å². The molecule has 0 saturated heterocycles. The van der Waals surface area contributed by atoms with E-state index in [1.165, 1.54) is 6.92 Å². The lowest BCUT2D eigenvalue weighted by atomic mass is 10.2. The van der Waals surface area contributed by atoms with Crippen molar-refractivity contribution in [3.8, 4) is 5.75 Å². The molecule has 1 atom stereocenters. The number of aryl methyl sites for hydroxylation is 1. The van der Waals surface area contributed by atoms with Crippen molar-refractivity contribution < 1.29 is 23.9 Å². The van der Waals surface area contributed by atoms with Gasteiger partial charge in [0.2, 0.25) is 0 Å². The summed E-state index contributed by atoms with van der Waals surface area (Å²) < 4.78 is 10.6. The number of hydrogen-bond acceptors (Lipinski definition) is 5. The predicted octanol–water partition coefficient (Wildman–Crippen LogP) is 3.11. The van der Waals surface area contributed by atoms with Crippen LogP contribution in [0.25, 0.3) is 0 Å². The predicted molar refractivity (Wildman–Crippen MR) is 108 cm³/mol. The van der Waals surface area contributed by atoms with Crippen LogP contribution in [0.5, 0.6) is 5.75 Å². The van der Waals surface area contributed by atoms with Crippen molar-refractivity contribution in [3.05, 3.63) is 65.7 Å². The summed E-state index contributed by atoms with van der Waals surface area (Å²) in [4.78, 5) is 35.6. The van der Waals surface area contributed by atoms with Crippen molar-refractivity contribution in [1.82, 2.24) is 10.6 Å². The molecule has 3 amide bonds. The Morgan fingerprint density at radius 3 is 2.52 bits per heavy atom. The summed E-state index contributed by atoms with van der Waals surface area (Å²) in [5.41, 5.74) is 2.00. The maximum absolute atomic E-state index is 12.0. The Bertz CT molecular complexity index is 823. The van der Waals surface area contributed by atoms with Crippen molar-refractivity contribution in [2.24, 2.45) is 0 Å². The minimum Gasteiger partial charge on any atom is -0.494 e. The van der Waals surface area contributed by atoms with Crippen LogP contribution in [-0.4, -0.2) is 30.6 Å². The molecule has 0 heterocycles. The SMILES string of the molecule is Cc1cccc(OCCCC(=O)O[C@@H](C)C(=O)NC(=O)NCc2ccccc2)c1. The summed E-state index contributed by atoms with van der Waals surface area (Å²) in [6.45, 7) is 4.04. The van der Waals surface area contributed by atoms with Crippen molar-refractivity contribution in [2.75, 3.05) is 6.61 Å². The van der Waals surface area contributed by atoms with Crippen molar-refractivity contribution in [2.45, 2.75) is 39.3 Å². The third-order valence-electron chi connectivity index (χ3n) is 3.99. The summed E-state index contributed by atoms with van der Waals surface area (Å²) in [6.07, 6.45) is -0.495. The highest BCUT2D eigenvalue weighted by Crippen LogP contribution is 2.12. The molecular formula is C22H26N2O5. The summed E-state index contributed by atoms with van der Waals surface area (Å²) in [6, 6.07) is 16.3. The molecular weight excluding hydrogens is 372 g/mol. The Kier molecular flexibility index (Phi) is 8.69. The van der Waals surface area contributed by atoms with Crippen LogP contribution in [-0.2, 0) is 20.9 Å². The van der Waals surface area contributed by atoms with Crippen LogP contribution in [0.15, 0.2) is 54.6 Å². The summed E-state index contributed by atoms with van der Waals surface area (Å²) in [5.74, 6) is -0.460. The first-order valence-electron chi connectivity index (χ1n) is 9.45. The van der Waals surface area contributed by atoms with Gasteiger partial charge >= 0.3 is 12.0 Å². The molecule has 7 nitrogen and oxygen atoms in total. The number of urea groups is 1. The van der Waals surface area contributed by atoms with E-state index in [-0.39, 0.29) is 13.0 Å². The van der Waals surface area contributed by atoms with E-state index in [0.717, 1.165) is 16.9 Å². The van der Waals surface area contributed by atoms with Crippen LogP contribution in [0.3, 0.4) is 0 Å². The molecule has 2 N–H and O–H groups in total. The lowest BCUT2D eigenvalue weighted by Gasteiger charge is -2.13. The Labute approximate surface area is 170 Å². The number of amides is 3. The van der Waals surface area contributed by atoms with E-state index in [4.69, 9.17) is 9.47 Å². The van der Waals surface area contributed by atoms with Gasteiger partial charge < -0.3 is 14.8 Å². The largest absolute Gasteiger partial charge is 0.494 e. The zero-order valence-corrected chi connectivity index (χ0v) is 16.6. The Balaban J connectivity index is 1.62. The molecule has 0 unspecified atom stereocenters. The van der Waals surface area contributed by atoms with E-state index >= 15 is 0 Å². The van der Waals surface area contributed by atoms with Crippen LogP contribution < -0.4 is 15.4 Å². The van der Waals surface area contributed by atoms with Gasteiger partial charge in [-0.25, -0.2) is 4.79 Å². The Hall–Kier alpha value is -3.35. The average molecular weight is 398 g/mol. The molecule has 0 fully saturated rings. The first-order valence-corrected chi connectivity index (χ1v) is 9.45. The highest BCUT2D eigenvalue weighted by atomic mass is 16.5. The normalized spacial score (nSPS) is 11.2. The zero-order chi connectivity index (χ0) is 21.1. The van der Waals surface area contributed by atoms with E-state index in [1.807, 2.05) is 61.5 Å². The van der Waals surface area contributed by atoms with E-state index < -0.39 is 24.0 Å². The fourth-order valence-electron chi connectivity index (χ4n) is 2.46. The molecule has 154 valence electrons. The van der Waals surface area contributed by atoms with Crippen molar-refractivity contribution >= 4 is 17.9 Å². The molecule has 7 heteroatoms. The van der Waals surface area contributed by atoms with E-state index in [9.17, 15) is 14.4 Å². The number of benzene rings is 2. The van der Waals surface area contributed by atoms with Gasteiger partial charge in [0.15, 0.2) is 6.10 Å². The molecule has 2 rings (SSSR count). The van der Waals surface area contributed by atoms with E-state index in [2.05, 4.69) is 10.6 Å². The Morgan fingerprint density at radius 1 is 1.03 bits per heavy atom. The fraction of sp³-hybridized carbons (Fsp3) is 0.318. The second kappa shape index (κ2) is 11.5. The summed E-state index contributed by atoms with van der Waals surface area (Å²) in [7, 11) is 0. The van der Waals surface area contributed by atoms with Gasteiger partial charge in [0.1, 0.15) is 5.75 Å². The number of carbonyl (C=O) groups is 3. The third kappa shape index (κ3) is 8.47. The average Bonchev–Trinajstić information content (AvgIpc) is 2.70. The van der Waals surface area contributed by atoms with Crippen LogP contribution in [0.1, 0.15) is 30.9 Å². The van der Waals surface area contributed by atoms with Gasteiger partial charge in [0.25, 0.3) is 5.91 Å². The van der Waals surface area contributed by atoms with Crippen LogP contribution in [0, 0.1) is 6.92 Å². The zero-order valence-electron chi connectivity index (χ0n) is 16.6. The van der Waals surface area contributed by atoms with E-state index in [1.54, 1.807) is 0 Å². The van der Waals surface area contributed by atoms with Gasteiger partial charge in [0, 0.05) is 13.0 Å². The lowest BCUT2D eigenvalue weighted by molar-refractivity contribution is -0.154. The molecule has 2 aromatic carbocycles. The van der Waals surface area contributed by atoms with Gasteiger partial charge in [-0.15, -0.1) is 0 Å². The molecule has 29 heavy (non-hydrogen) atoms. The van der Waals surface area contributed by atoms with Crippen LogP contribution in [0.4, 0.5) is 4.79 Å². The number of nitrogens with one attached hydrogen (secondary N) is 2. The van der Waals surface area contributed by atoms with E-state index in [0.29, 0.717) is 13.0 Å². The number of rotatable bonds is 9. The smallest absolute Gasteiger partial charge is 0.321 e. The molecule has 0 bridgehead atoms. The topological polar surface area (TPSA) is 93.7 Å². The molecule has 0 aliphatic rings. The number of imide groups is 1. The molecule has 0 radical (unpaired) electrons. The minimum absolute atomic E-state index is 0.115. The van der Waals surface area contributed by atoms with Gasteiger partial charge in [-0.2, -0.15) is 0 Å². The number of esters is 1. The molecule has 0 spiro atoms. The molecule has 2 aromatic rings. The minimum atomic E-state index is -1.07. The quantitative estimate of drug-likeness (QED) is 0.500. The molecule has 0 aliphatic heterocycles. The lowest BCUT2D eigenvalue weighted by Crippen LogP contribution is -2.44. The number of ether oxygens (including phenoxy) is 2. The summed E-state index contributed by atoms with van der Waals surface area (Å²) >= 11 is 0. The maximum Gasteiger partial charge on any atom is 0.321 e. The van der Waals surface area contributed by atoms with Gasteiger partial charge in [-0.3, -0.25) is 14.9 Å². The second-order valence-electron chi connectivity index (χ2n) is 6.56. The summed E-state index contributed by atoms with van der Waals surface area (Å²) in [5, 5.41) is 4.73. The van der Waals surface area contributed by atoms with Crippen molar-refractivity contribution in [1.29, 1.82) is 0 Å². The second-order valence-corrected chi connectivity index (χ2v) is 6.56. The van der Waals surface area contributed by atoms with Gasteiger partial charge in [0.05, 0.1) is 6.61 Å². The van der Waals surface area contributed by atoms with Crippen LogP contribution >= 0.6 is 0 Å². The van der Waals surface area contributed by atoms with Gasteiger partial charge in [-0.1, -0.05) is 42.5 Å². The van der Waals surface area contributed by atoms with Gasteiger partial charge in [-0.05, 0) is 43.5 Å². The first kappa shape index (κ1) is 21.9. The Morgan fingerprint density at radius 2 is 1.79 bits per heavy atom. The maximum atomic E-state index is 12.0. The number of hydrogen-bond donors (Lipinski definition) is 2. The van der Waals surface area contributed by atoms with Crippen LogP contribution in [0.2, 0.25) is 0 Å². The number of carbonyl (C=O) groups excluding carboxylic acids is 3. The third-order valence-corrected chi connectivity index (χ3v) is 3.99. The highest BCUT2D eigenvalue weighted by molar-refractivity contribution is 5.97.